The van der Waals surface area contributed by atoms with Gasteiger partial charge in [0.15, 0.2) is 0 Å². The van der Waals surface area contributed by atoms with Crippen molar-refractivity contribution >= 4 is 11.6 Å². The van der Waals surface area contributed by atoms with Gasteiger partial charge in [-0.15, -0.1) is 0 Å². The lowest BCUT2D eigenvalue weighted by Gasteiger charge is -2.26. The summed E-state index contributed by atoms with van der Waals surface area (Å²) in [5.41, 5.74) is 1.71. The molecule has 1 aliphatic rings. The molecule has 2 rings (SSSR count). The second-order valence-electron chi connectivity index (χ2n) is 4.89. The summed E-state index contributed by atoms with van der Waals surface area (Å²) in [5.74, 6) is -0.00497. The maximum absolute atomic E-state index is 11.9. The third kappa shape index (κ3) is 4.51. The Morgan fingerprint density at radius 2 is 1.95 bits per heavy atom. The quantitative estimate of drug-likeness (QED) is 0.767. The number of carbonyl (C=O) groups excluding carboxylic acids is 1. The predicted molar refractivity (Wildman–Crippen MR) is 80.2 cm³/mol. The lowest BCUT2D eigenvalue weighted by atomic mass is 10.2. The molecule has 2 N–H and O–H groups in total. The van der Waals surface area contributed by atoms with Crippen LogP contribution in [0.3, 0.4) is 0 Å². The van der Waals surface area contributed by atoms with Crippen LogP contribution in [0.2, 0.25) is 0 Å². The van der Waals surface area contributed by atoms with Crippen LogP contribution in [0.1, 0.15) is 16.8 Å². The second-order valence-corrected chi connectivity index (χ2v) is 4.89. The summed E-state index contributed by atoms with van der Waals surface area (Å²) in [6.07, 6.45) is 0.973. The molecule has 1 aromatic rings. The minimum atomic E-state index is -0.00497. The van der Waals surface area contributed by atoms with Gasteiger partial charge < -0.3 is 15.4 Å². The van der Waals surface area contributed by atoms with E-state index in [0.29, 0.717) is 12.1 Å². The minimum Gasteiger partial charge on any atom is -0.388 e. The van der Waals surface area contributed by atoms with Crippen molar-refractivity contribution in [1.29, 1.82) is 0 Å². The minimum absolute atomic E-state index is 0.00497. The van der Waals surface area contributed by atoms with Crippen molar-refractivity contribution in [1.82, 2.24) is 10.2 Å². The molecule has 1 heterocycles. The van der Waals surface area contributed by atoms with Gasteiger partial charge in [0.2, 0.25) is 0 Å². The number of morpholine rings is 1. The summed E-state index contributed by atoms with van der Waals surface area (Å²) in [5, 5.41) is 5.99. The molecule has 20 heavy (non-hydrogen) atoms. The number of hydrogen-bond donors (Lipinski definition) is 2. The van der Waals surface area contributed by atoms with Crippen molar-refractivity contribution < 1.29 is 9.53 Å². The molecule has 1 amide bonds. The van der Waals surface area contributed by atoms with Crippen LogP contribution >= 0.6 is 0 Å². The van der Waals surface area contributed by atoms with E-state index < -0.39 is 0 Å². The Morgan fingerprint density at radius 1 is 1.25 bits per heavy atom. The van der Waals surface area contributed by atoms with Crippen LogP contribution in [0.4, 0.5) is 5.69 Å². The van der Waals surface area contributed by atoms with Crippen molar-refractivity contribution in [3.63, 3.8) is 0 Å². The van der Waals surface area contributed by atoms with Crippen LogP contribution in [0.15, 0.2) is 24.3 Å². The van der Waals surface area contributed by atoms with E-state index in [-0.39, 0.29) is 5.91 Å². The fourth-order valence-corrected chi connectivity index (χ4v) is 2.22. The van der Waals surface area contributed by atoms with Gasteiger partial charge in [0.05, 0.1) is 13.2 Å². The number of nitrogens with one attached hydrogen (secondary N) is 2. The van der Waals surface area contributed by atoms with Gasteiger partial charge >= 0.3 is 0 Å². The molecule has 0 aliphatic carbocycles. The number of hydrogen-bond acceptors (Lipinski definition) is 4. The topological polar surface area (TPSA) is 53.6 Å². The van der Waals surface area contributed by atoms with E-state index in [4.69, 9.17) is 4.74 Å². The average Bonchev–Trinajstić information content (AvgIpc) is 2.52. The highest BCUT2D eigenvalue weighted by Crippen LogP contribution is 2.08. The van der Waals surface area contributed by atoms with Crippen molar-refractivity contribution in [2.24, 2.45) is 0 Å². The SMILES string of the molecule is CNc1ccc(C(=O)NCCCN2CCOCC2)cc1. The zero-order chi connectivity index (χ0) is 14.2. The maximum atomic E-state index is 11.9. The number of benzene rings is 1. The highest BCUT2D eigenvalue weighted by Gasteiger charge is 2.10. The molecule has 1 saturated heterocycles. The highest BCUT2D eigenvalue weighted by molar-refractivity contribution is 5.94. The Morgan fingerprint density at radius 3 is 2.60 bits per heavy atom. The zero-order valence-electron chi connectivity index (χ0n) is 12.0. The Balaban J connectivity index is 1.66. The molecule has 110 valence electrons. The van der Waals surface area contributed by atoms with Gasteiger partial charge in [-0.25, -0.2) is 0 Å². The Bertz CT molecular complexity index is 414. The summed E-state index contributed by atoms with van der Waals surface area (Å²) in [4.78, 5) is 14.3. The molecule has 0 bridgehead atoms. The summed E-state index contributed by atoms with van der Waals surface area (Å²) >= 11 is 0. The summed E-state index contributed by atoms with van der Waals surface area (Å²) in [6, 6.07) is 7.48. The monoisotopic (exact) mass is 277 g/mol. The van der Waals surface area contributed by atoms with Crippen LogP contribution in [0.5, 0.6) is 0 Å². The summed E-state index contributed by atoms with van der Waals surface area (Å²) in [7, 11) is 1.86. The number of ether oxygens (including phenoxy) is 1. The number of amides is 1. The normalized spacial score (nSPS) is 15.8. The molecule has 0 spiro atoms. The van der Waals surface area contributed by atoms with E-state index in [0.717, 1.165) is 45.0 Å². The van der Waals surface area contributed by atoms with E-state index in [2.05, 4.69) is 15.5 Å². The molecule has 1 aromatic carbocycles. The van der Waals surface area contributed by atoms with Crippen LogP contribution in [-0.2, 0) is 4.74 Å². The van der Waals surface area contributed by atoms with E-state index in [1.807, 2.05) is 31.3 Å². The van der Waals surface area contributed by atoms with Crippen molar-refractivity contribution in [3.8, 4) is 0 Å². The molecule has 1 fully saturated rings. The Hall–Kier alpha value is -1.59. The molecule has 1 aliphatic heterocycles. The maximum Gasteiger partial charge on any atom is 0.251 e. The van der Waals surface area contributed by atoms with Crippen LogP contribution in [0.25, 0.3) is 0 Å². The van der Waals surface area contributed by atoms with Crippen molar-refractivity contribution in [3.05, 3.63) is 29.8 Å². The first-order chi connectivity index (χ1) is 9.79. The van der Waals surface area contributed by atoms with Crippen molar-refractivity contribution in [2.45, 2.75) is 6.42 Å². The lowest BCUT2D eigenvalue weighted by molar-refractivity contribution is 0.0374. The van der Waals surface area contributed by atoms with Gasteiger partial charge in [-0.3, -0.25) is 9.69 Å². The first-order valence-electron chi connectivity index (χ1n) is 7.16. The van der Waals surface area contributed by atoms with Gasteiger partial charge in [0.1, 0.15) is 0 Å². The highest BCUT2D eigenvalue weighted by atomic mass is 16.5. The first kappa shape index (κ1) is 14.8. The van der Waals surface area contributed by atoms with E-state index >= 15 is 0 Å². The first-order valence-corrected chi connectivity index (χ1v) is 7.16. The molecule has 0 atom stereocenters. The zero-order valence-corrected chi connectivity index (χ0v) is 12.0. The molecule has 0 unspecified atom stereocenters. The third-order valence-electron chi connectivity index (χ3n) is 3.48. The van der Waals surface area contributed by atoms with E-state index in [9.17, 15) is 4.79 Å². The standard InChI is InChI=1S/C15H23N3O2/c1-16-14-5-3-13(4-6-14)15(19)17-7-2-8-18-9-11-20-12-10-18/h3-6,16H,2,7-12H2,1H3,(H,17,19). The summed E-state index contributed by atoms with van der Waals surface area (Å²) < 4.78 is 5.30. The molecule has 5 nitrogen and oxygen atoms in total. The molecule has 0 aromatic heterocycles. The van der Waals surface area contributed by atoms with Gasteiger partial charge in [0.25, 0.3) is 5.91 Å². The molecular weight excluding hydrogens is 254 g/mol. The van der Waals surface area contributed by atoms with E-state index in [1.54, 1.807) is 0 Å². The lowest BCUT2D eigenvalue weighted by Crippen LogP contribution is -2.38. The summed E-state index contributed by atoms with van der Waals surface area (Å²) in [6.45, 7) is 5.37. The number of rotatable bonds is 6. The fourth-order valence-electron chi connectivity index (χ4n) is 2.22. The predicted octanol–water partition coefficient (Wildman–Crippen LogP) is 1.18. The average molecular weight is 277 g/mol. The molecule has 5 heteroatoms. The number of carbonyl (C=O) groups is 1. The largest absolute Gasteiger partial charge is 0.388 e. The number of nitrogens with zero attached hydrogens (tertiary/aromatic N) is 1. The second kappa shape index (κ2) is 7.87. The fraction of sp³-hybridized carbons (Fsp3) is 0.533. The van der Waals surface area contributed by atoms with Gasteiger partial charge in [-0.05, 0) is 37.2 Å². The van der Waals surface area contributed by atoms with Gasteiger partial charge in [-0.2, -0.15) is 0 Å². The molecule has 0 saturated carbocycles. The van der Waals surface area contributed by atoms with Crippen LogP contribution < -0.4 is 10.6 Å². The smallest absolute Gasteiger partial charge is 0.251 e. The van der Waals surface area contributed by atoms with E-state index in [1.165, 1.54) is 0 Å². The third-order valence-corrected chi connectivity index (χ3v) is 3.48. The molecule has 0 radical (unpaired) electrons. The van der Waals surface area contributed by atoms with Crippen LogP contribution in [0, 0.1) is 0 Å². The van der Waals surface area contributed by atoms with Gasteiger partial charge in [0, 0.05) is 37.9 Å². The Kier molecular flexibility index (Phi) is 5.83. The molecular formula is C15H23N3O2. The van der Waals surface area contributed by atoms with Gasteiger partial charge in [-0.1, -0.05) is 0 Å². The van der Waals surface area contributed by atoms with Crippen molar-refractivity contribution in [2.75, 3.05) is 51.8 Å². The number of anilines is 1. The van der Waals surface area contributed by atoms with Crippen LogP contribution in [-0.4, -0.2) is 57.2 Å². The Labute approximate surface area is 120 Å².